The predicted molar refractivity (Wildman–Crippen MR) is 66.6 cm³/mol. The molecule has 3 atom stereocenters. The van der Waals surface area contributed by atoms with Crippen molar-refractivity contribution in [2.75, 3.05) is 12.3 Å². The summed E-state index contributed by atoms with van der Waals surface area (Å²) in [5.41, 5.74) is 2.19. The van der Waals surface area contributed by atoms with Crippen LogP contribution in [0.3, 0.4) is 0 Å². The number of aromatic nitrogens is 4. The van der Waals surface area contributed by atoms with E-state index in [2.05, 4.69) is 15.0 Å². The first-order valence-electron chi connectivity index (χ1n) is 6.31. The van der Waals surface area contributed by atoms with Crippen molar-refractivity contribution in [3.63, 3.8) is 0 Å². The number of hydrogen-bond donors (Lipinski definition) is 3. The Labute approximate surface area is 125 Å². The minimum atomic E-state index is -4.13. The lowest BCUT2D eigenvalue weighted by molar-refractivity contribution is -0.194. The zero-order chi connectivity index (χ0) is 17.0. The van der Waals surface area contributed by atoms with Gasteiger partial charge in [0.2, 0.25) is 6.23 Å². The Morgan fingerprint density at radius 1 is 1.35 bits per heavy atom. The van der Waals surface area contributed by atoms with Crippen LogP contribution in [0, 0.1) is 0 Å². The van der Waals surface area contributed by atoms with Crippen molar-refractivity contribution in [2.24, 2.45) is 0 Å². The number of rotatable bonds is 3. The maximum Gasteiger partial charge on any atom is 0.320 e. The van der Waals surface area contributed by atoms with Crippen LogP contribution in [0.15, 0.2) is 12.7 Å². The zero-order valence-electron chi connectivity index (χ0n) is 11.3. The highest BCUT2D eigenvalue weighted by Crippen LogP contribution is 2.50. The van der Waals surface area contributed by atoms with Crippen LogP contribution in [-0.2, 0) is 4.74 Å². The maximum absolute atomic E-state index is 14.3. The van der Waals surface area contributed by atoms with E-state index in [9.17, 15) is 22.7 Å². The van der Waals surface area contributed by atoms with Gasteiger partial charge >= 0.3 is 5.92 Å². The number of aliphatic hydroxyl groups is 2. The Morgan fingerprint density at radius 2 is 2.04 bits per heavy atom. The predicted octanol–water partition coefficient (Wildman–Crippen LogP) is -0.0703. The number of halogens is 4. The molecule has 1 saturated heterocycles. The summed E-state index contributed by atoms with van der Waals surface area (Å²) in [7, 11) is 0. The lowest BCUT2D eigenvalue weighted by atomic mass is 9.96. The fourth-order valence-electron chi connectivity index (χ4n) is 2.46. The van der Waals surface area contributed by atoms with Gasteiger partial charge in [0.1, 0.15) is 11.8 Å². The topological polar surface area (TPSA) is 119 Å². The molecule has 0 spiro atoms. The molecule has 0 aromatic carbocycles. The van der Waals surface area contributed by atoms with Crippen molar-refractivity contribution in [3.8, 4) is 0 Å². The van der Waals surface area contributed by atoms with E-state index in [0.717, 1.165) is 12.7 Å². The Morgan fingerprint density at radius 3 is 2.61 bits per heavy atom. The van der Waals surface area contributed by atoms with E-state index in [0.29, 0.717) is 4.57 Å². The van der Waals surface area contributed by atoms with Gasteiger partial charge in [0.25, 0.3) is 6.43 Å². The molecule has 23 heavy (non-hydrogen) atoms. The fraction of sp³-hybridized carbons (Fsp3) is 0.545. The van der Waals surface area contributed by atoms with Gasteiger partial charge in [0.05, 0.1) is 12.9 Å². The molecule has 12 heteroatoms. The molecule has 0 amide bonds. The molecular weight excluding hydrogens is 326 g/mol. The van der Waals surface area contributed by atoms with Crippen LogP contribution in [0.25, 0.3) is 11.2 Å². The van der Waals surface area contributed by atoms with Gasteiger partial charge in [0.15, 0.2) is 23.2 Å². The minimum absolute atomic E-state index is 0.0278. The Kier molecular flexibility index (Phi) is 3.42. The van der Waals surface area contributed by atoms with Gasteiger partial charge in [-0.2, -0.15) is 8.78 Å². The Bertz CT molecular complexity index is 742. The number of anilines is 1. The van der Waals surface area contributed by atoms with Crippen molar-refractivity contribution in [1.29, 1.82) is 0 Å². The van der Waals surface area contributed by atoms with Crippen LogP contribution >= 0.6 is 0 Å². The fourth-order valence-corrected chi connectivity index (χ4v) is 2.46. The van der Waals surface area contributed by atoms with Crippen molar-refractivity contribution in [3.05, 3.63) is 12.7 Å². The average Bonchev–Trinajstić information content (AvgIpc) is 3.00. The molecule has 3 rings (SSSR count). The smallest absolute Gasteiger partial charge is 0.320 e. The monoisotopic (exact) mass is 337 g/mol. The molecule has 1 fully saturated rings. The summed E-state index contributed by atoms with van der Waals surface area (Å²) < 4.78 is 60.2. The molecule has 3 heterocycles. The number of ether oxygens (including phenoxy) is 1. The second kappa shape index (κ2) is 4.97. The van der Waals surface area contributed by atoms with E-state index in [-0.39, 0.29) is 17.0 Å². The largest absolute Gasteiger partial charge is 0.393 e. The van der Waals surface area contributed by atoms with Gasteiger partial charge in [-0.3, -0.25) is 4.57 Å². The third kappa shape index (κ3) is 1.98. The quantitative estimate of drug-likeness (QED) is 0.671. The third-order valence-electron chi connectivity index (χ3n) is 3.74. The Balaban J connectivity index is 2.14. The second-order valence-electron chi connectivity index (χ2n) is 5.04. The first-order valence-corrected chi connectivity index (χ1v) is 6.31. The molecule has 0 bridgehead atoms. The maximum atomic E-state index is 14.3. The van der Waals surface area contributed by atoms with Crippen LogP contribution in [0.5, 0.6) is 0 Å². The van der Waals surface area contributed by atoms with E-state index >= 15 is 0 Å². The first-order chi connectivity index (χ1) is 10.8. The Hall–Kier alpha value is -2.05. The number of aliphatic hydroxyl groups excluding tert-OH is 2. The normalized spacial score (nSPS) is 30.4. The number of imidazole rings is 1. The summed E-state index contributed by atoms with van der Waals surface area (Å²) in [6.45, 7) is -1.50. The molecule has 1 aliphatic rings. The average molecular weight is 337 g/mol. The summed E-state index contributed by atoms with van der Waals surface area (Å²) in [5.74, 6) is -4.23. The molecule has 0 saturated carbocycles. The summed E-state index contributed by atoms with van der Waals surface area (Å²) in [4.78, 5) is 11.1. The van der Waals surface area contributed by atoms with Crippen molar-refractivity contribution in [2.45, 2.75) is 30.3 Å². The lowest BCUT2D eigenvalue weighted by Crippen LogP contribution is -2.53. The van der Waals surface area contributed by atoms with E-state index in [4.69, 9.17) is 15.6 Å². The summed E-state index contributed by atoms with van der Waals surface area (Å²) in [6, 6.07) is 0. The number of fused-ring (bicyclic) bond motifs is 1. The van der Waals surface area contributed by atoms with Gasteiger partial charge in [-0.25, -0.2) is 23.7 Å². The summed E-state index contributed by atoms with van der Waals surface area (Å²) >= 11 is 0. The molecule has 0 radical (unpaired) electrons. The summed E-state index contributed by atoms with van der Waals surface area (Å²) in [5, 5.41) is 18.7. The van der Waals surface area contributed by atoms with Gasteiger partial charge in [-0.05, 0) is 0 Å². The van der Waals surface area contributed by atoms with Crippen LogP contribution in [-0.4, -0.2) is 60.4 Å². The van der Waals surface area contributed by atoms with E-state index in [1.165, 1.54) is 0 Å². The van der Waals surface area contributed by atoms with E-state index in [1.54, 1.807) is 0 Å². The highest BCUT2D eigenvalue weighted by Gasteiger charge is 2.70. The molecule has 8 nitrogen and oxygen atoms in total. The van der Waals surface area contributed by atoms with Crippen LogP contribution < -0.4 is 5.73 Å². The molecule has 1 aliphatic heterocycles. The van der Waals surface area contributed by atoms with Gasteiger partial charge in [-0.1, -0.05) is 0 Å². The van der Waals surface area contributed by atoms with Crippen molar-refractivity contribution in [1.82, 2.24) is 19.5 Å². The van der Waals surface area contributed by atoms with Crippen LogP contribution in [0.1, 0.15) is 6.23 Å². The summed E-state index contributed by atoms with van der Waals surface area (Å²) in [6.07, 6.45) is -6.99. The van der Waals surface area contributed by atoms with E-state index < -0.39 is 36.9 Å². The molecule has 2 aromatic rings. The number of hydrogen-bond acceptors (Lipinski definition) is 7. The molecule has 1 unspecified atom stereocenters. The number of nitrogen functional groups attached to an aromatic ring is 1. The molecule has 0 aliphatic carbocycles. The van der Waals surface area contributed by atoms with Gasteiger partial charge in [-0.15, -0.1) is 0 Å². The molecule has 2 aromatic heterocycles. The van der Waals surface area contributed by atoms with E-state index in [1.807, 2.05) is 0 Å². The standard InChI is InChI=1S/C11H11F4N5O3/c12-8(13)10(1-21)7(22)11(14,15)9(23-10)20-3-19-4-5(16)17-2-18-6(4)20/h2-3,7-9,21-22H,1H2,(H2,16,17,18)/t7?,9-,10-/m1/s1. The van der Waals surface area contributed by atoms with Gasteiger partial charge < -0.3 is 20.7 Å². The first kappa shape index (κ1) is 15.8. The SMILES string of the molecule is Nc1ncnc2c1ncn2[C@@H]1O[C@@](CO)(C(F)F)C(O)C1(F)F. The molecule has 4 N–H and O–H groups in total. The van der Waals surface area contributed by atoms with Crippen molar-refractivity contribution < 1.29 is 32.5 Å². The second-order valence-corrected chi connectivity index (χ2v) is 5.04. The third-order valence-corrected chi connectivity index (χ3v) is 3.74. The molecule has 126 valence electrons. The van der Waals surface area contributed by atoms with Gasteiger partial charge in [0, 0.05) is 0 Å². The minimum Gasteiger partial charge on any atom is -0.393 e. The van der Waals surface area contributed by atoms with Crippen LogP contribution in [0.4, 0.5) is 23.4 Å². The highest BCUT2D eigenvalue weighted by atomic mass is 19.3. The lowest BCUT2D eigenvalue weighted by Gasteiger charge is -2.28. The van der Waals surface area contributed by atoms with Crippen LogP contribution in [0.2, 0.25) is 0 Å². The highest BCUT2D eigenvalue weighted by molar-refractivity contribution is 5.81. The number of alkyl halides is 4. The number of nitrogens with two attached hydrogens (primary N) is 1. The zero-order valence-corrected chi connectivity index (χ0v) is 11.3. The number of nitrogens with zero attached hydrogens (tertiary/aromatic N) is 4. The van der Waals surface area contributed by atoms with Crippen molar-refractivity contribution >= 4 is 17.0 Å². The molecular formula is C11H11F4N5O3.